The van der Waals surface area contributed by atoms with Crippen LogP contribution in [0.25, 0.3) is 0 Å². The van der Waals surface area contributed by atoms with Crippen LogP contribution in [0, 0.1) is 13.8 Å². The molecule has 0 spiro atoms. The van der Waals surface area contributed by atoms with Gasteiger partial charge in [-0.25, -0.2) is 13.2 Å². The molecule has 8 nitrogen and oxygen atoms in total. The lowest BCUT2D eigenvalue weighted by Crippen LogP contribution is -2.40. The van der Waals surface area contributed by atoms with E-state index in [1.54, 1.807) is 30.3 Å². The summed E-state index contributed by atoms with van der Waals surface area (Å²) in [5.41, 5.74) is 2.55. The van der Waals surface area contributed by atoms with Crippen molar-refractivity contribution < 1.29 is 27.5 Å². The molecular formula is C27H26Cl2N2O6S. The summed E-state index contributed by atoms with van der Waals surface area (Å²) in [7, 11) is -4.04. The number of carbonyl (C=O) groups excluding carboxylic acids is 2. The zero-order valence-electron chi connectivity index (χ0n) is 20.7. The van der Waals surface area contributed by atoms with Gasteiger partial charge in [0.05, 0.1) is 28.8 Å². The summed E-state index contributed by atoms with van der Waals surface area (Å²) in [6, 6.07) is 16.4. The third-order valence-corrected chi connectivity index (χ3v) is 8.72. The largest absolute Gasteiger partial charge is 0.444 e. The number of hydrogen-bond acceptors (Lipinski definition) is 6. The smallest absolute Gasteiger partial charge is 0.340 e. The Morgan fingerprint density at radius 1 is 0.974 bits per heavy atom. The Labute approximate surface area is 231 Å². The number of anilines is 1. The number of nitrogens with zero attached hydrogens (tertiary/aromatic N) is 1. The number of carbonyl (C=O) groups is 2. The van der Waals surface area contributed by atoms with Gasteiger partial charge in [-0.15, -0.1) is 0 Å². The van der Waals surface area contributed by atoms with Crippen molar-refractivity contribution in [2.24, 2.45) is 0 Å². The molecule has 1 N–H and O–H groups in total. The van der Waals surface area contributed by atoms with Crippen molar-refractivity contribution in [1.82, 2.24) is 4.31 Å². The lowest BCUT2D eigenvalue weighted by Gasteiger charge is -2.26. The van der Waals surface area contributed by atoms with Gasteiger partial charge in [-0.2, -0.15) is 4.31 Å². The molecule has 38 heavy (non-hydrogen) atoms. The first-order valence-corrected chi connectivity index (χ1v) is 14.0. The van der Waals surface area contributed by atoms with Gasteiger partial charge in [0.15, 0.2) is 0 Å². The van der Waals surface area contributed by atoms with Gasteiger partial charge >= 0.3 is 5.97 Å². The second-order valence-corrected chi connectivity index (χ2v) is 11.5. The van der Waals surface area contributed by atoms with E-state index in [1.807, 2.05) is 32.0 Å². The van der Waals surface area contributed by atoms with Crippen LogP contribution in [0.4, 0.5) is 5.69 Å². The zero-order chi connectivity index (χ0) is 27.4. The number of esters is 1. The van der Waals surface area contributed by atoms with Crippen LogP contribution in [0.3, 0.4) is 0 Å². The molecule has 1 aliphatic heterocycles. The van der Waals surface area contributed by atoms with Crippen molar-refractivity contribution in [3.05, 3.63) is 93.0 Å². The van der Waals surface area contributed by atoms with Crippen LogP contribution >= 0.6 is 23.2 Å². The molecule has 1 aliphatic rings. The summed E-state index contributed by atoms with van der Waals surface area (Å²) in [5.74, 6) is -1.56. The van der Waals surface area contributed by atoms with Crippen LogP contribution in [0.2, 0.25) is 10.0 Å². The highest BCUT2D eigenvalue weighted by molar-refractivity contribution is 7.89. The number of aryl methyl sites for hydroxylation is 2. The van der Waals surface area contributed by atoms with Gasteiger partial charge in [-0.3, -0.25) is 4.79 Å². The number of hydrogen-bond donors (Lipinski definition) is 1. The predicted octanol–water partition coefficient (Wildman–Crippen LogP) is 5.17. The molecule has 1 heterocycles. The van der Waals surface area contributed by atoms with Crippen molar-refractivity contribution in [2.45, 2.75) is 24.8 Å². The zero-order valence-corrected chi connectivity index (χ0v) is 23.1. The first kappa shape index (κ1) is 28.1. The molecule has 1 amide bonds. The van der Waals surface area contributed by atoms with Gasteiger partial charge < -0.3 is 14.8 Å². The number of halogens is 2. The number of sulfonamides is 1. The molecule has 11 heteroatoms. The Kier molecular flexibility index (Phi) is 8.74. The molecule has 0 radical (unpaired) electrons. The molecule has 200 valence electrons. The van der Waals surface area contributed by atoms with Crippen LogP contribution in [-0.2, 0) is 24.3 Å². The second kappa shape index (κ2) is 11.8. The first-order chi connectivity index (χ1) is 18.1. The monoisotopic (exact) mass is 576 g/mol. The minimum atomic E-state index is -4.04. The standard InChI is InChI=1S/C27H26Cl2N2O6S/c1-17-8-9-18(2)23(14-17)30-26(32)25(19-6-4-3-5-7-19)37-27(33)20-15-24(22(29)16-21(20)28)38(34,35)31-10-12-36-13-11-31/h3-9,14-16,25H,10-13H2,1-2H3,(H,30,32). The number of ether oxygens (including phenoxy) is 2. The van der Waals surface area contributed by atoms with Crippen molar-refractivity contribution in [3.8, 4) is 0 Å². The van der Waals surface area contributed by atoms with Crippen LogP contribution in [0.5, 0.6) is 0 Å². The Morgan fingerprint density at radius 3 is 2.34 bits per heavy atom. The highest BCUT2D eigenvalue weighted by atomic mass is 35.5. The van der Waals surface area contributed by atoms with E-state index >= 15 is 0 Å². The summed E-state index contributed by atoms with van der Waals surface area (Å²) in [5, 5.41) is 2.58. The average molecular weight is 577 g/mol. The molecule has 4 rings (SSSR count). The Balaban J connectivity index is 1.66. The molecule has 1 fully saturated rings. The number of rotatable bonds is 7. The Hall–Kier alpha value is -2.95. The highest BCUT2D eigenvalue weighted by Gasteiger charge is 2.32. The Bertz CT molecular complexity index is 1460. The molecular weight excluding hydrogens is 551 g/mol. The van der Waals surface area contributed by atoms with Gasteiger partial charge in [0.1, 0.15) is 4.90 Å². The van der Waals surface area contributed by atoms with Crippen LogP contribution in [0.15, 0.2) is 65.6 Å². The highest BCUT2D eigenvalue weighted by Crippen LogP contribution is 2.33. The fourth-order valence-electron chi connectivity index (χ4n) is 3.95. The van der Waals surface area contributed by atoms with E-state index in [0.29, 0.717) is 11.3 Å². The maximum Gasteiger partial charge on any atom is 0.340 e. The van der Waals surface area contributed by atoms with Gasteiger partial charge in [-0.05, 0) is 43.2 Å². The molecule has 3 aromatic carbocycles. The van der Waals surface area contributed by atoms with Gasteiger partial charge in [0.2, 0.25) is 16.1 Å². The van der Waals surface area contributed by atoms with E-state index in [2.05, 4.69) is 5.32 Å². The number of amides is 1. The summed E-state index contributed by atoms with van der Waals surface area (Å²) in [6.07, 6.45) is -1.34. The van der Waals surface area contributed by atoms with Gasteiger partial charge in [0, 0.05) is 24.3 Å². The number of morpholine rings is 1. The normalized spacial score (nSPS) is 15.1. The summed E-state index contributed by atoms with van der Waals surface area (Å²) in [6.45, 7) is 4.53. The van der Waals surface area contributed by atoms with E-state index in [1.165, 1.54) is 10.4 Å². The SMILES string of the molecule is Cc1ccc(C)c(NC(=O)C(OC(=O)c2cc(S(=O)(=O)N3CCOCC3)c(Cl)cc2Cl)c2ccccc2)c1. The van der Waals surface area contributed by atoms with Gasteiger partial charge in [-0.1, -0.05) is 65.7 Å². The maximum atomic E-state index is 13.4. The summed E-state index contributed by atoms with van der Waals surface area (Å²) in [4.78, 5) is 26.4. The molecule has 1 unspecified atom stereocenters. The fourth-order valence-corrected chi connectivity index (χ4v) is 6.18. The molecule has 0 aliphatic carbocycles. The molecule has 1 atom stereocenters. The van der Waals surface area contributed by atoms with Crippen molar-refractivity contribution in [2.75, 3.05) is 31.6 Å². The van der Waals surface area contributed by atoms with Crippen LogP contribution in [-0.4, -0.2) is 50.9 Å². The minimum absolute atomic E-state index is 0.109. The van der Waals surface area contributed by atoms with Crippen LogP contribution < -0.4 is 5.32 Å². The second-order valence-electron chi connectivity index (χ2n) is 8.78. The molecule has 0 bridgehead atoms. The van der Waals surface area contributed by atoms with Crippen molar-refractivity contribution in [3.63, 3.8) is 0 Å². The molecule has 0 aromatic heterocycles. The quantitative estimate of drug-likeness (QED) is 0.389. The van der Waals surface area contributed by atoms with Crippen LogP contribution in [0.1, 0.15) is 33.2 Å². The van der Waals surface area contributed by atoms with E-state index in [9.17, 15) is 18.0 Å². The molecule has 1 saturated heterocycles. The van der Waals surface area contributed by atoms with Crippen molar-refractivity contribution in [1.29, 1.82) is 0 Å². The average Bonchev–Trinajstić information content (AvgIpc) is 2.90. The third-order valence-electron chi connectivity index (χ3n) is 6.05. The number of nitrogens with one attached hydrogen (secondary N) is 1. The first-order valence-electron chi connectivity index (χ1n) is 11.8. The molecule has 0 saturated carbocycles. The van der Waals surface area contributed by atoms with Gasteiger partial charge in [0.25, 0.3) is 5.91 Å². The maximum absolute atomic E-state index is 13.4. The number of benzene rings is 3. The van der Waals surface area contributed by atoms with E-state index in [0.717, 1.165) is 17.2 Å². The lowest BCUT2D eigenvalue weighted by atomic mass is 10.1. The minimum Gasteiger partial charge on any atom is -0.444 e. The fraction of sp³-hybridized carbons (Fsp3) is 0.259. The third kappa shape index (κ3) is 6.19. The topological polar surface area (TPSA) is 102 Å². The van der Waals surface area contributed by atoms with E-state index < -0.39 is 28.0 Å². The lowest BCUT2D eigenvalue weighted by molar-refractivity contribution is -0.125. The summed E-state index contributed by atoms with van der Waals surface area (Å²) >= 11 is 12.5. The summed E-state index contributed by atoms with van der Waals surface area (Å²) < 4.78 is 38.6. The Morgan fingerprint density at radius 2 is 1.66 bits per heavy atom. The predicted molar refractivity (Wildman–Crippen MR) is 145 cm³/mol. The van der Waals surface area contributed by atoms with E-state index in [-0.39, 0.29) is 46.8 Å². The van der Waals surface area contributed by atoms with E-state index in [4.69, 9.17) is 32.7 Å². The van der Waals surface area contributed by atoms with Crippen molar-refractivity contribution >= 4 is 50.8 Å². The molecule has 3 aromatic rings.